The first-order chi connectivity index (χ1) is 9.08. The summed E-state index contributed by atoms with van der Waals surface area (Å²) in [5.41, 5.74) is 0.895. The van der Waals surface area contributed by atoms with Crippen molar-refractivity contribution in [3.8, 4) is 0 Å². The first-order valence-corrected chi connectivity index (χ1v) is 7.88. The molecule has 0 amide bonds. The van der Waals surface area contributed by atoms with Crippen LogP contribution in [-0.2, 0) is 13.1 Å². The Labute approximate surface area is 130 Å². The van der Waals surface area contributed by atoms with Gasteiger partial charge >= 0.3 is 0 Å². The number of anilines is 1. The fraction of sp³-hybridized carbons (Fsp3) is 0.308. The summed E-state index contributed by atoms with van der Waals surface area (Å²) in [6.45, 7) is 1.61. The summed E-state index contributed by atoms with van der Waals surface area (Å²) in [7, 11) is 3.92. The average molecular weight is 361 g/mol. The van der Waals surface area contributed by atoms with Gasteiger partial charge in [0, 0.05) is 34.9 Å². The molecule has 2 aromatic rings. The summed E-state index contributed by atoms with van der Waals surface area (Å²) in [6.07, 6.45) is 0. The monoisotopic (exact) mass is 359 g/mol. The van der Waals surface area contributed by atoms with Gasteiger partial charge in [0.2, 0.25) is 0 Å². The average Bonchev–Trinajstić information content (AvgIpc) is 2.77. The normalized spacial score (nSPS) is 11.0. The van der Waals surface area contributed by atoms with Gasteiger partial charge in [0.15, 0.2) is 0 Å². The molecule has 102 valence electrons. The van der Waals surface area contributed by atoms with Crippen molar-refractivity contribution in [1.29, 1.82) is 0 Å². The van der Waals surface area contributed by atoms with Crippen molar-refractivity contribution < 1.29 is 0 Å². The number of nitrogens with one attached hydrogen (secondary N) is 1. The molecule has 19 heavy (non-hydrogen) atoms. The number of hydrogen-bond acceptors (Lipinski definition) is 4. The number of pyridine rings is 1. The number of halogens is 2. The van der Waals surface area contributed by atoms with Crippen molar-refractivity contribution in [2.45, 2.75) is 13.1 Å². The molecule has 6 heteroatoms. The van der Waals surface area contributed by atoms with E-state index >= 15 is 0 Å². The maximum atomic E-state index is 6.18. The van der Waals surface area contributed by atoms with Crippen molar-refractivity contribution in [3.05, 3.63) is 43.6 Å². The second-order valence-corrected chi connectivity index (χ2v) is 6.60. The number of aromatic nitrogens is 1. The third-order valence-corrected chi connectivity index (χ3v) is 4.67. The third kappa shape index (κ3) is 4.18. The first-order valence-electron chi connectivity index (χ1n) is 5.83. The highest BCUT2D eigenvalue weighted by atomic mass is 79.9. The highest BCUT2D eigenvalue weighted by Crippen LogP contribution is 2.22. The first kappa shape index (κ1) is 14.8. The molecular weight excluding hydrogens is 346 g/mol. The highest BCUT2D eigenvalue weighted by Gasteiger charge is 2.09. The SMILES string of the molecule is CNc1ccc(Cl)c(CN(C)Cc2cc(Br)cs2)n1. The fourth-order valence-electron chi connectivity index (χ4n) is 1.75. The summed E-state index contributed by atoms with van der Waals surface area (Å²) in [5.74, 6) is 0.840. The fourth-order valence-corrected chi connectivity index (χ4v) is 3.44. The summed E-state index contributed by atoms with van der Waals surface area (Å²) >= 11 is 11.4. The van der Waals surface area contributed by atoms with Crippen LogP contribution in [0, 0.1) is 0 Å². The van der Waals surface area contributed by atoms with Gasteiger partial charge in [-0.2, -0.15) is 0 Å². The number of nitrogens with zero attached hydrogens (tertiary/aromatic N) is 2. The summed E-state index contributed by atoms with van der Waals surface area (Å²) in [4.78, 5) is 8.00. The van der Waals surface area contributed by atoms with Crippen LogP contribution in [0.25, 0.3) is 0 Å². The Balaban J connectivity index is 2.03. The minimum absolute atomic E-state index is 0.707. The zero-order valence-electron chi connectivity index (χ0n) is 10.8. The van der Waals surface area contributed by atoms with Crippen molar-refractivity contribution >= 4 is 44.7 Å². The second kappa shape index (κ2) is 6.70. The van der Waals surface area contributed by atoms with E-state index in [0.29, 0.717) is 5.02 Å². The Morgan fingerprint density at radius 3 is 2.84 bits per heavy atom. The molecule has 2 aromatic heterocycles. The van der Waals surface area contributed by atoms with Gasteiger partial charge in [-0.25, -0.2) is 4.98 Å². The smallest absolute Gasteiger partial charge is 0.126 e. The van der Waals surface area contributed by atoms with Crippen LogP contribution in [0.5, 0.6) is 0 Å². The molecule has 0 aliphatic rings. The predicted octanol–water partition coefficient (Wildman–Crippen LogP) is 4.23. The van der Waals surface area contributed by atoms with Gasteiger partial charge in [-0.1, -0.05) is 11.6 Å². The lowest BCUT2D eigenvalue weighted by molar-refractivity contribution is 0.318. The van der Waals surface area contributed by atoms with Gasteiger partial charge in [-0.15, -0.1) is 11.3 Å². The van der Waals surface area contributed by atoms with Gasteiger partial charge in [0.1, 0.15) is 5.82 Å². The van der Waals surface area contributed by atoms with Crippen molar-refractivity contribution in [2.24, 2.45) is 0 Å². The zero-order chi connectivity index (χ0) is 13.8. The van der Waals surface area contributed by atoms with Crippen LogP contribution >= 0.6 is 38.9 Å². The van der Waals surface area contributed by atoms with E-state index in [4.69, 9.17) is 11.6 Å². The molecule has 3 nitrogen and oxygen atoms in total. The molecule has 0 aliphatic heterocycles. The molecule has 0 radical (unpaired) electrons. The van der Waals surface area contributed by atoms with Crippen LogP contribution in [0.2, 0.25) is 5.02 Å². The maximum absolute atomic E-state index is 6.18. The van der Waals surface area contributed by atoms with Gasteiger partial charge in [-0.3, -0.25) is 4.90 Å². The lowest BCUT2D eigenvalue weighted by Gasteiger charge is -2.16. The quantitative estimate of drug-likeness (QED) is 0.864. The Kier molecular flexibility index (Phi) is 5.21. The number of thiophene rings is 1. The van der Waals surface area contributed by atoms with Crippen molar-refractivity contribution in [1.82, 2.24) is 9.88 Å². The minimum Gasteiger partial charge on any atom is -0.373 e. The van der Waals surface area contributed by atoms with E-state index in [-0.39, 0.29) is 0 Å². The van der Waals surface area contributed by atoms with E-state index in [1.54, 1.807) is 11.3 Å². The Morgan fingerprint density at radius 1 is 1.42 bits per heavy atom. The molecule has 0 bridgehead atoms. The van der Waals surface area contributed by atoms with Crippen molar-refractivity contribution in [3.63, 3.8) is 0 Å². The van der Waals surface area contributed by atoms with E-state index in [0.717, 1.165) is 29.1 Å². The molecule has 0 saturated heterocycles. The van der Waals surface area contributed by atoms with Gasteiger partial charge in [-0.05, 0) is 41.2 Å². The van der Waals surface area contributed by atoms with E-state index in [2.05, 4.69) is 49.6 Å². The molecule has 0 unspecified atom stereocenters. The molecule has 1 N–H and O–H groups in total. The molecule has 0 atom stereocenters. The molecule has 2 rings (SSSR count). The van der Waals surface area contributed by atoms with E-state index in [1.807, 2.05) is 19.2 Å². The minimum atomic E-state index is 0.707. The van der Waals surface area contributed by atoms with E-state index in [9.17, 15) is 0 Å². The summed E-state index contributed by atoms with van der Waals surface area (Å²) in [6, 6.07) is 5.90. The summed E-state index contributed by atoms with van der Waals surface area (Å²) in [5, 5.41) is 5.83. The van der Waals surface area contributed by atoms with Crippen LogP contribution < -0.4 is 5.32 Å². The zero-order valence-corrected chi connectivity index (χ0v) is 13.9. The van der Waals surface area contributed by atoms with Crippen molar-refractivity contribution in [2.75, 3.05) is 19.4 Å². The van der Waals surface area contributed by atoms with Gasteiger partial charge in [0.25, 0.3) is 0 Å². The second-order valence-electron chi connectivity index (χ2n) is 4.28. The standard InChI is InChI=1S/C13H15BrClN3S/c1-16-13-4-3-11(15)12(17-13)7-18(2)6-10-5-9(14)8-19-10/h3-5,8H,6-7H2,1-2H3,(H,16,17). The number of hydrogen-bond donors (Lipinski definition) is 1. The Bertz CT molecular complexity index is 559. The number of rotatable bonds is 5. The van der Waals surface area contributed by atoms with Crippen LogP contribution in [0.4, 0.5) is 5.82 Å². The molecule has 0 aromatic carbocycles. The molecule has 0 fully saturated rings. The van der Waals surface area contributed by atoms with Crippen LogP contribution in [-0.4, -0.2) is 24.0 Å². The highest BCUT2D eigenvalue weighted by molar-refractivity contribution is 9.10. The van der Waals surface area contributed by atoms with E-state index < -0.39 is 0 Å². The Morgan fingerprint density at radius 2 is 2.21 bits per heavy atom. The third-order valence-electron chi connectivity index (χ3n) is 2.64. The molecule has 0 aliphatic carbocycles. The van der Waals surface area contributed by atoms with Gasteiger partial charge < -0.3 is 5.32 Å². The summed E-state index contributed by atoms with van der Waals surface area (Å²) < 4.78 is 1.13. The topological polar surface area (TPSA) is 28.2 Å². The molecule has 0 saturated carbocycles. The lowest BCUT2D eigenvalue weighted by Crippen LogP contribution is -2.18. The van der Waals surface area contributed by atoms with E-state index in [1.165, 1.54) is 4.88 Å². The molecule has 2 heterocycles. The molecule has 0 spiro atoms. The predicted molar refractivity (Wildman–Crippen MR) is 86.0 cm³/mol. The molecular formula is C13H15BrClN3S. The van der Waals surface area contributed by atoms with Gasteiger partial charge in [0.05, 0.1) is 10.7 Å². The Hall–Kier alpha value is -0.620. The van der Waals surface area contributed by atoms with Crippen LogP contribution in [0.15, 0.2) is 28.1 Å². The largest absolute Gasteiger partial charge is 0.373 e. The lowest BCUT2D eigenvalue weighted by atomic mass is 10.3. The van der Waals surface area contributed by atoms with Crippen LogP contribution in [0.1, 0.15) is 10.6 Å². The van der Waals surface area contributed by atoms with Crippen LogP contribution in [0.3, 0.4) is 0 Å². The maximum Gasteiger partial charge on any atom is 0.126 e.